The molecule has 0 fully saturated rings. The number of hydrogen-bond donors (Lipinski definition) is 1. The maximum absolute atomic E-state index is 13.6. The fourth-order valence-electron chi connectivity index (χ4n) is 3.63. The first-order chi connectivity index (χ1) is 10.6. The van der Waals surface area contributed by atoms with Crippen LogP contribution in [0.25, 0.3) is 0 Å². The van der Waals surface area contributed by atoms with E-state index >= 15 is 0 Å². The quantitative estimate of drug-likeness (QED) is 0.635. The first-order valence-electron chi connectivity index (χ1n) is 7.31. The van der Waals surface area contributed by atoms with E-state index in [1.54, 1.807) is 12.1 Å². The predicted molar refractivity (Wildman–Crippen MR) is 89.2 cm³/mol. The van der Waals surface area contributed by atoms with Crippen LogP contribution >= 0.6 is 23.2 Å². The third-order valence-corrected chi connectivity index (χ3v) is 5.44. The second-order valence-corrected chi connectivity index (χ2v) is 6.64. The highest BCUT2D eigenvalue weighted by molar-refractivity contribution is 6.43. The summed E-state index contributed by atoms with van der Waals surface area (Å²) >= 11 is 12.6. The van der Waals surface area contributed by atoms with Crippen molar-refractivity contribution in [3.63, 3.8) is 0 Å². The van der Waals surface area contributed by atoms with Crippen LogP contribution in [0.15, 0.2) is 48.6 Å². The number of allylic oxidation sites excluding steroid dienone is 2. The van der Waals surface area contributed by atoms with Crippen molar-refractivity contribution in [2.45, 2.75) is 18.4 Å². The molecule has 0 radical (unpaired) electrons. The zero-order chi connectivity index (χ0) is 15.3. The summed E-state index contributed by atoms with van der Waals surface area (Å²) < 4.78 is 13.6. The Morgan fingerprint density at radius 1 is 1.14 bits per heavy atom. The minimum Gasteiger partial charge on any atom is -0.376 e. The molecule has 4 heteroatoms. The van der Waals surface area contributed by atoms with Crippen molar-refractivity contribution >= 4 is 28.9 Å². The molecule has 22 heavy (non-hydrogen) atoms. The number of anilines is 1. The van der Waals surface area contributed by atoms with Crippen molar-refractivity contribution in [2.75, 3.05) is 5.32 Å². The van der Waals surface area contributed by atoms with Crippen LogP contribution in [0.1, 0.15) is 29.5 Å². The molecule has 0 saturated carbocycles. The largest absolute Gasteiger partial charge is 0.376 e. The molecule has 0 amide bonds. The molecule has 1 heterocycles. The molecular weight excluding hydrogens is 320 g/mol. The molecule has 4 rings (SSSR count). The van der Waals surface area contributed by atoms with E-state index in [0.29, 0.717) is 21.9 Å². The monoisotopic (exact) mass is 333 g/mol. The molecule has 0 saturated heterocycles. The predicted octanol–water partition coefficient (Wildman–Crippen LogP) is 5.96. The van der Waals surface area contributed by atoms with Crippen LogP contribution in [-0.2, 0) is 0 Å². The number of benzene rings is 2. The zero-order valence-corrected chi connectivity index (χ0v) is 13.2. The van der Waals surface area contributed by atoms with Gasteiger partial charge in [0, 0.05) is 5.92 Å². The second kappa shape index (κ2) is 5.29. The van der Waals surface area contributed by atoms with E-state index in [-0.39, 0.29) is 11.9 Å². The topological polar surface area (TPSA) is 12.0 Å². The molecule has 2 aliphatic rings. The van der Waals surface area contributed by atoms with E-state index in [1.807, 2.05) is 18.2 Å². The van der Waals surface area contributed by atoms with Crippen LogP contribution in [0, 0.1) is 11.7 Å². The van der Waals surface area contributed by atoms with Crippen molar-refractivity contribution in [2.24, 2.45) is 5.92 Å². The lowest BCUT2D eigenvalue weighted by Crippen LogP contribution is -2.29. The van der Waals surface area contributed by atoms with Gasteiger partial charge in [0.2, 0.25) is 0 Å². The summed E-state index contributed by atoms with van der Waals surface area (Å²) in [5.41, 5.74) is 2.98. The van der Waals surface area contributed by atoms with Gasteiger partial charge in [-0.15, -0.1) is 0 Å². The van der Waals surface area contributed by atoms with Gasteiger partial charge in [-0.1, -0.05) is 53.6 Å². The number of rotatable bonds is 1. The van der Waals surface area contributed by atoms with Gasteiger partial charge in [0.05, 0.1) is 21.8 Å². The minimum atomic E-state index is -0.218. The summed E-state index contributed by atoms with van der Waals surface area (Å²) in [6.07, 6.45) is 5.39. The Morgan fingerprint density at radius 2 is 2.00 bits per heavy atom. The molecule has 0 spiro atoms. The van der Waals surface area contributed by atoms with E-state index in [0.717, 1.165) is 17.7 Å². The molecule has 0 aromatic heterocycles. The number of fused-ring (bicyclic) bond motifs is 3. The zero-order valence-electron chi connectivity index (χ0n) is 11.7. The Kier molecular flexibility index (Phi) is 3.39. The van der Waals surface area contributed by atoms with Gasteiger partial charge in [0.15, 0.2) is 0 Å². The summed E-state index contributed by atoms with van der Waals surface area (Å²) in [5, 5.41) is 4.57. The molecule has 112 valence electrons. The minimum absolute atomic E-state index is 0.0270. The van der Waals surface area contributed by atoms with Crippen molar-refractivity contribution in [3.05, 3.63) is 75.5 Å². The van der Waals surface area contributed by atoms with Crippen molar-refractivity contribution < 1.29 is 4.39 Å². The van der Waals surface area contributed by atoms with Gasteiger partial charge in [-0.2, -0.15) is 0 Å². The Balaban J connectivity index is 1.84. The highest BCUT2D eigenvalue weighted by Gasteiger charge is 2.38. The van der Waals surface area contributed by atoms with Crippen LogP contribution < -0.4 is 5.32 Å². The summed E-state index contributed by atoms with van der Waals surface area (Å²) in [5.74, 6) is 0.440. The van der Waals surface area contributed by atoms with Gasteiger partial charge in [0.1, 0.15) is 5.82 Å². The van der Waals surface area contributed by atoms with E-state index in [2.05, 4.69) is 17.5 Å². The first kappa shape index (κ1) is 14.1. The second-order valence-electron chi connectivity index (χ2n) is 5.86. The Bertz CT molecular complexity index is 772. The van der Waals surface area contributed by atoms with Crippen molar-refractivity contribution in [1.82, 2.24) is 0 Å². The lowest BCUT2D eigenvalue weighted by atomic mass is 9.77. The Labute approximate surface area is 138 Å². The van der Waals surface area contributed by atoms with E-state index in [1.165, 1.54) is 11.6 Å². The number of hydrogen-bond acceptors (Lipinski definition) is 1. The van der Waals surface area contributed by atoms with Crippen LogP contribution in [0.5, 0.6) is 0 Å². The Hall–Kier alpha value is -1.51. The van der Waals surface area contributed by atoms with Gasteiger partial charge >= 0.3 is 0 Å². The maximum Gasteiger partial charge on any atom is 0.123 e. The van der Waals surface area contributed by atoms with Crippen molar-refractivity contribution in [3.8, 4) is 0 Å². The average molecular weight is 334 g/mol. The number of halogens is 3. The molecule has 1 N–H and O–H groups in total. The average Bonchev–Trinajstić information content (AvgIpc) is 3.00. The maximum atomic E-state index is 13.6. The van der Waals surface area contributed by atoms with E-state index in [4.69, 9.17) is 23.2 Å². The summed E-state index contributed by atoms with van der Waals surface area (Å²) in [7, 11) is 0. The molecule has 2 aromatic rings. The third kappa shape index (κ3) is 2.13. The first-order valence-corrected chi connectivity index (χ1v) is 8.07. The van der Waals surface area contributed by atoms with Crippen LogP contribution in [0.4, 0.5) is 10.1 Å². The van der Waals surface area contributed by atoms with Gasteiger partial charge in [0.25, 0.3) is 0 Å². The molecule has 1 nitrogen and oxygen atoms in total. The van der Waals surface area contributed by atoms with E-state index in [9.17, 15) is 4.39 Å². The lowest BCUT2D eigenvalue weighted by Gasteiger charge is -2.38. The smallest absolute Gasteiger partial charge is 0.123 e. The summed E-state index contributed by atoms with van der Waals surface area (Å²) in [6, 6.07) is 10.7. The highest BCUT2D eigenvalue weighted by atomic mass is 35.5. The molecule has 1 aliphatic carbocycles. The molecule has 0 bridgehead atoms. The molecule has 0 unspecified atom stereocenters. The van der Waals surface area contributed by atoms with Crippen LogP contribution in [-0.4, -0.2) is 0 Å². The SMILES string of the molecule is Fc1cccc([C@@H]2Nc3c(ccc(Cl)c3Cl)[C@H]3C=CC[C@@H]32)c1. The van der Waals surface area contributed by atoms with Gasteiger partial charge < -0.3 is 5.32 Å². The van der Waals surface area contributed by atoms with E-state index < -0.39 is 0 Å². The van der Waals surface area contributed by atoms with Gasteiger partial charge in [-0.3, -0.25) is 0 Å². The van der Waals surface area contributed by atoms with Crippen molar-refractivity contribution in [1.29, 1.82) is 0 Å². The normalized spacial score (nSPS) is 25.5. The fraction of sp³-hybridized carbons (Fsp3) is 0.222. The lowest BCUT2D eigenvalue weighted by molar-refractivity contribution is 0.424. The van der Waals surface area contributed by atoms with Crippen LogP contribution in [0.2, 0.25) is 10.0 Å². The van der Waals surface area contributed by atoms with Gasteiger partial charge in [-0.05, 0) is 41.7 Å². The standard InChI is InChI=1S/C18H14Cl2FN/c19-15-8-7-14-12-5-2-6-13(12)17(22-18(14)16(15)20)10-3-1-4-11(21)9-10/h1-5,7-9,12-13,17,22H,6H2/t12-,13-,17-/m0/s1. The fourth-order valence-corrected chi connectivity index (χ4v) is 4.02. The molecule has 1 aliphatic heterocycles. The van der Waals surface area contributed by atoms with Gasteiger partial charge in [-0.25, -0.2) is 4.39 Å². The molecular formula is C18H14Cl2FN. The third-order valence-electron chi connectivity index (χ3n) is 4.63. The van der Waals surface area contributed by atoms with Crippen LogP contribution in [0.3, 0.4) is 0 Å². The molecule has 3 atom stereocenters. The summed E-state index contributed by atoms with van der Waals surface area (Å²) in [4.78, 5) is 0. The number of nitrogens with one attached hydrogen (secondary N) is 1. The molecule has 2 aromatic carbocycles. The summed E-state index contributed by atoms with van der Waals surface area (Å²) in [6.45, 7) is 0. The highest BCUT2D eigenvalue weighted by Crippen LogP contribution is 2.52. The Morgan fingerprint density at radius 3 is 2.82 bits per heavy atom.